The number of rotatable bonds is 1. The minimum atomic E-state index is -3.04. The van der Waals surface area contributed by atoms with Crippen molar-refractivity contribution in [3.05, 3.63) is 29.7 Å². The van der Waals surface area contributed by atoms with Crippen LogP contribution in [0, 0.1) is 6.92 Å². The molecule has 0 radical (unpaired) electrons. The molecule has 1 saturated heterocycles. The van der Waals surface area contributed by atoms with Crippen LogP contribution in [0.1, 0.15) is 29.5 Å². The SMILES string of the molecule is Cc1ccc2nnc(C3CCCS3(=O)=O)n2c1. The second kappa shape index (κ2) is 3.53. The quantitative estimate of drug-likeness (QED) is 0.766. The van der Waals surface area contributed by atoms with E-state index < -0.39 is 15.1 Å². The summed E-state index contributed by atoms with van der Waals surface area (Å²) in [6, 6.07) is 3.80. The van der Waals surface area contributed by atoms with Crippen LogP contribution in [0.5, 0.6) is 0 Å². The highest BCUT2D eigenvalue weighted by atomic mass is 32.2. The molecule has 0 spiro atoms. The van der Waals surface area contributed by atoms with Crippen molar-refractivity contribution >= 4 is 15.5 Å². The van der Waals surface area contributed by atoms with Crippen LogP contribution < -0.4 is 0 Å². The Balaban J connectivity index is 2.21. The van der Waals surface area contributed by atoms with Gasteiger partial charge in [-0.15, -0.1) is 10.2 Å². The maximum Gasteiger partial charge on any atom is 0.160 e. The highest BCUT2D eigenvalue weighted by molar-refractivity contribution is 7.91. The van der Waals surface area contributed by atoms with Gasteiger partial charge in [-0.3, -0.25) is 4.40 Å². The van der Waals surface area contributed by atoms with E-state index in [1.807, 2.05) is 25.3 Å². The van der Waals surface area contributed by atoms with Crippen LogP contribution in [0.15, 0.2) is 18.3 Å². The Bertz CT molecular complexity index is 675. The first-order chi connectivity index (χ1) is 8.08. The number of pyridine rings is 1. The lowest BCUT2D eigenvalue weighted by Crippen LogP contribution is -2.11. The first kappa shape index (κ1) is 10.7. The summed E-state index contributed by atoms with van der Waals surface area (Å²) in [6.45, 7) is 1.96. The van der Waals surface area contributed by atoms with Crippen molar-refractivity contribution < 1.29 is 8.42 Å². The molecule has 90 valence electrons. The minimum absolute atomic E-state index is 0.262. The first-order valence-corrected chi connectivity index (χ1v) is 7.32. The van der Waals surface area contributed by atoms with Crippen LogP contribution in [0.2, 0.25) is 0 Å². The third kappa shape index (κ3) is 1.63. The van der Waals surface area contributed by atoms with E-state index >= 15 is 0 Å². The van der Waals surface area contributed by atoms with Crippen molar-refractivity contribution in [2.75, 3.05) is 5.75 Å². The molecule has 3 rings (SSSR count). The topological polar surface area (TPSA) is 64.3 Å². The van der Waals surface area contributed by atoms with Crippen LogP contribution in [0.4, 0.5) is 0 Å². The normalized spacial score (nSPS) is 23.2. The predicted octanol–water partition coefficient (Wildman–Crippen LogP) is 1.29. The Labute approximate surface area is 99.4 Å². The average molecular weight is 251 g/mol. The van der Waals surface area contributed by atoms with Crippen molar-refractivity contribution in [3.63, 3.8) is 0 Å². The lowest BCUT2D eigenvalue weighted by Gasteiger charge is -2.07. The molecule has 1 fully saturated rings. The van der Waals surface area contributed by atoms with E-state index in [-0.39, 0.29) is 5.75 Å². The van der Waals surface area contributed by atoms with Crippen LogP contribution in [-0.2, 0) is 9.84 Å². The maximum absolute atomic E-state index is 11.9. The Hall–Kier alpha value is -1.43. The molecule has 0 N–H and O–H groups in total. The van der Waals surface area contributed by atoms with E-state index in [0.717, 1.165) is 5.56 Å². The van der Waals surface area contributed by atoms with Crippen LogP contribution in [-0.4, -0.2) is 28.8 Å². The molecule has 0 saturated carbocycles. The monoisotopic (exact) mass is 251 g/mol. The smallest absolute Gasteiger partial charge is 0.160 e. The summed E-state index contributed by atoms with van der Waals surface area (Å²) in [6.07, 6.45) is 3.25. The summed E-state index contributed by atoms with van der Waals surface area (Å²) in [5, 5.41) is 7.58. The lowest BCUT2D eigenvalue weighted by molar-refractivity contribution is 0.588. The largest absolute Gasteiger partial charge is 0.285 e. The molecule has 1 unspecified atom stereocenters. The molecule has 0 aromatic carbocycles. The molecular weight excluding hydrogens is 238 g/mol. The number of hydrogen-bond donors (Lipinski definition) is 0. The molecule has 0 amide bonds. The zero-order chi connectivity index (χ0) is 12.0. The molecule has 1 atom stereocenters. The van der Waals surface area contributed by atoms with E-state index in [2.05, 4.69) is 10.2 Å². The summed E-state index contributed by atoms with van der Waals surface area (Å²) >= 11 is 0. The fraction of sp³-hybridized carbons (Fsp3) is 0.455. The third-order valence-electron chi connectivity index (χ3n) is 3.19. The Morgan fingerprint density at radius 3 is 2.88 bits per heavy atom. The van der Waals surface area contributed by atoms with Gasteiger partial charge in [0, 0.05) is 6.20 Å². The molecule has 0 bridgehead atoms. The standard InChI is InChI=1S/C11H13N3O2S/c1-8-4-5-10-12-13-11(14(10)7-8)9-3-2-6-17(9,15)16/h4-5,7,9H,2-3,6H2,1H3. The second-order valence-corrected chi connectivity index (χ2v) is 6.79. The van der Waals surface area contributed by atoms with Crippen molar-refractivity contribution in [2.45, 2.75) is 25.0 Å². The molecule has 6 heteroatoms. The van der Waals surface area contributed by atoms with Gasteiger partial charge in [0.1, 0.15) is 5.25 Å². The Morgan fingerprint density at radius 1 is 1.35 bits per heavy atom. The minimum Gasteiger partial charge on any atom is -0.285 e. The number of hydrogen-bond acceptors (Lipinski definition) is 4. The molecule has 2 aromatic heterocycles. The predicted molar refractivity (Wildman–Crippen MR) is 63.5 cm³/mol. The summed E-state index contributed by atoms with van der Waals surface area (Å²) < 4.78 is 25.6. The number of aromatic nitrogens is 3. The lowest BCUT2D eigenvalue weighted by atomic mass is 10.2. The summed E-state index contributed by atoms with van der Waals surface area (Å²) in [5.41, 5.74) is 1.77. The van der Waals surface area contributed by atoms with Gasteiger partial charge >= 0.3 is 0 Å². The van der Waals surface area contributed by atoms with Gasteiger partial charge in [-0.2, -0.15) is 0 Å². The van der Waals surface area contributed by atoms with Gasteiger partial charge in [-0.05, 0) is 31.4 Å². The second-order valence-electron chi connectivity index (χ2n) is 4.49. The number of fused-ring (bicyclic) bond motifs is 1. The fourth-order valence-corrected chi connectivity index (χ4v) is 4.18. The average Bonchev–Trinajstić information content (AvgIpc) is 2.80. The summed E-state index contributed by atoms with van der Waals surface area (Å²) in [4.78, 5) is 0. The molecular formula is C11H13N3O2S. The highest BCUT2D eigenvalue weighted by Crippen LogP contribution is 2.33. The van der Waals surface area contributed by atoms with Crippen molar-refractivity contribution in [3.8, 4) is 0 Å². The van der Waals surface area contributed by atoms with Crippen LogP contribution in [0.25, 0.3) is 5.65 Å². The van der Waals surface area contributed by atoms with E-state index in [1.165, 1.54) is 0 Å². The van der Waals surface area contributed by atoms with E-state index in [4.69, 9.17) is 0 Å². The van der Waals surface area contributed by atoms with Gasteiger partial charge in [-0.25, -0.2) is 8.42 Å². The molecule has 2 aromatic rings. The highest BCUT2D eigenvalue weighted by Gasteiger charge is 2.36. The van der Waals surface area contributed by atoms with E-state index in [0.29, 0.717) is 24.3 Å². The van der Waals surface area contributed by atoms with E-state index in [1.54, 1.807) is 4.40 Å². The molecule has 3 heterocycles. The first-order valence-electron chi connectivity index (χ1n) is 5.61. The molecule has 0 aliphatic carbocycles. The van der Waals surface area contributed by atoms with Crippen molar-refractivity contribution in [2.24, 2.45) is 0 Å². The van der Waals surface area contributed by atoms with Crippen molar-refractivity contribution in [1.29, 1.82) is 0 Å². The molecule has 17 heavy (non-hydrogen) atoms. The Morgan fingerprint density at radius 2 is 2.18 bits per heavy atom. The zero-order valence-corrected chi connectivity index (χ0v) is 10.3. The molecule has 1 aliphatic heterocycles. The summed E-state index contributed by atoms with van der Waals surface area (Å²) in [7, 11) is -3.04. The van der Waals surface area contributed by atoms with E-state index in [9.17, 15) is 8.42 Å². The van der Waals surface area contributed by atoms with Gasteiger partial charge in [0.15, 0.2) is 21.3 Å². The third-order valence-corrected chi connectivity index (χ3v) is 5.36. The number of aryl methyl sites for hydroxylation is 1. The van der Waals surface area contributed by atoms with Gasteiger partial charge in [0.05, 0.1) is 5.75 Å². The summed E-state index contributed by atoms with van der Waals surface area (Å²) in [5.74, 6) is 0.819. The van der Waals surface area contributed by atoms with Crippen LogP contribution in [0.3, 0.4) is 0 Å². The van der Waals surface area contributed by atoms with Crippen molar-refractivity contribution in [1.82, 2.24) is 14.6 Å². The van der Waals surface area contributed by atoms with Gasteiger partial charge in [0.25, 0.3) is 0 Å². The maximum atomic E-state index is 11.9. The Kier molecular flexibility index (Phi) is 2.22. The van der Waals surface area contributed by atoms with Gasteiger partial charge in [-0.1, -0.05) is 6.07 Å². The fourth-order valence-electron chi connectivity index (χ4n) is 2.32. The van der Waals surface area contributed by atoms with Gasteiger partial charge < -0.3 is 0 Å². The number of nitrogens with zero attached hydrogens (tertiary/aromatic N) is 3. The number of sulfone groups is 1. The molecule has 1 aliphatic rings. The van der Waals surface area contributed by atoms with Crippen LogP contribution >= 0.6 is 0 Å². The molecule has 5 nitrogen and oxygen atoms in total. The van der Waals surface area contributed by atoms with Gasteiger partial charge in [0.2, 0.25) is 0 Å². The zero-order valence-electron chi connectivity index (χ0n) is 9.50.